The summed E-state index contributed by atoms with van der Waals surface area (Å²) in [5.41, 5.74) is 1.11. The fourth-order valence-corrected chi connectivity index (χ4v) is 2.75. The molecule has 0 fully saturated rings. The van der Waals surface area contributed by atoms with Crippen LogP contribution in [0, 0.1) is 12.7 Å². The van der Waals surface area contributed by atoms with Crippen molar-refractivity contribution in [1.29, 1.82) is 0 Å². The molecule has 0 atom stereocenters. The number of benzene rings is 2. The first-order valence-electron chi connectivity index (χ1n) is 5.89. The number of halogens is 3. The Kier molecular flexibility index (Phi) is 4.76. The zero-order valence-electron chi connectivity index (χ0n) is 10.9. The lowest BCUT2D eigenvalue weighted by atomic mass is 10.2. The van der Waals surface area contributed by atoms with Gasteiger partial charge in [0.15, 0.2) is 0 Å². The third-order valence-electron chi connectivity index (χ3n) is 2.82. The fourth-order valence-electron chi connectivity index (χ4n) is 1.74. The molecule has 0 saturated carbocycles. The minimum atomic E-state index is -3.78. The maximum atomic E-state index is 13.1. The van der Waals surface area contributed by atoms with Gasteiger partial charge in [0.2, 0.25) is 0 Å². The second-order valence-electron chi connectivity index (χ2n) is 4.39. The van der Waals surface area contributed by atoms with Gasteiger partial charge in [0.25, 0.3) is 9.05 Å². The van der Waals surface area contributed by atoms with E-state index in [2.05, 4.69) is 0 Å². The highest BCUT2D eigenvalue weighted by Crippen LogP contribution is 2.26. The highest BCUT2D eigenvalue weighted by Gasteiger charge is 2.12. The first-order valence-corrected chi connectivity index (χ1v) is 8.58. The number of ether oxygens (including phenoxy) is 1. The van der Waals surface area contributed by atoms with E-state index < -0.39 is 14.9 Å². The Labute approximate surface area is 131 Å². The predicted octanol–water partition coefficient (Wildman–Crippen LogP) is 4.29. The molecule has 0 radical (unpaired) electrons. The van der Waals surface area contributed by atoms with Gasteiger partial charge >= 0.3 is 0 Å². The second-order valence-corrected chi connectivity index (χ2v) is 7.36. The van der Waals surface area contributed by atoms with E-state index in [1.807, 2.05) is 0 Å². The van der Waals surface area contributed by atoms with Gasteiger partial charge in [0.1, 0.15) is 18.2 Å². The molecule has 2 rings (SSSR count). The Hall–Kier alpha value is -1.30. The maximum absolute atomic E-state index is 13.1. The summed E-state index contributed by atoms with van der Waals surface area (Å²) < 4.78 is 41.1. The zero-order valence-corrected chi connectivity index (χ0v) is 13.3. The summed E-state index contributed by atoms with van der Waals surface area (Å²) in [6.07, 6.45) is 0. The van der Waals surface area contributed by atoms with Gasteiger partial charge in [-0.3, -0.25) is 0 Å². The molecule has 0 aliphatic rings. The molecule has 0 aromatic heterocycles. The topological polar surface area (TPSA) is 43.4 Å². The molecule has 0 N–H and O–H groups in total. The minimum Gasteiger partial charge on any atom is -0.489 e. The number of hydrogen-bond donors (Lipinski definition) is 0. The van der Waals surface area contributed by atoms with Gasteiger partial charge in [0, 0.05) is 21.3 Å². The van der Waals surface area contributed by atoms with Crippen LogP contribution in [0.4, 0.5) is 4.39 Å². The van der Waals surface area contributed by atoms with Crippen molar-refractivity contribution in [2.75, 3.05) is 0 Å². The molecule has 0 saturated heterocycles. The van der Waals surface area contributed by atoms with Crippen molar-refractivity contribution in [2.45, 2.75) is 18.4 Å². The molecule has 3 nitrogen and oxygen atoms in total. The van der Waals surface area contributed by atoms with Crippen LogP contribution in [0.5, 0.6) is 5.75 Å². The van der Waals surface area contributed by atoms with Crippen LogP contribution in [0.25, 0.3) is 0 Å². The molecule has 0 spiro atoms. The van der Waals surface area contributed by atoms with Crippen LogP contribution in [0.15, 0.2) is 41.3 Å². The summed E-state index contributed by atoms with van der Waals surface area (Å²) >= 11 is 5.94. The highest BCUT2D eigenvalue weighted by atomic mass is 35.7. The summed E-state index contributed by atoms with van der Waals surface area (Å²) in [7, 11) is 1.49. The molecule has 0 aliphatic carbocycles. The van der Waals surface area contributed by atoms with E-state index in [4.69, 9.17) is 27.0 Å². The van der Waals surface area contributed by atoms with Crippen LogP contribution >= 0.6 is 22.3 Å². The molecule has 0 amide bonds. The molecule has 2 aromatic carbocycles. The average molecular weight is 349 g/mol. The molecule has 0 unspecified atom stereocenters. The number of hydrogen-bond acceptors (Lipinski definition) is 3. The standard InChI is InChI=1S/C14H11Cl2FO3S/c1-9-6-12(21(16,18)19)3-5-14(9)20-8-10-7-11(17)2-4-13(10)15/h2-7H,8H2,1H3. The smallest absolute Gasteiger partial charge is 0.261 e. The van der Waals surface area contributed by atoms with E-state index >= 15 is 0 Å². The van der Waals surface area contributed by atoms with Crippen molar-refractivity contribution in [2.24, 2.45) is 0 Å². The quantitative estimate of drug-likeness (QED) is 0.774. The largest absolute Gasteiger partial charge is 0.489 e. The summed E-state index contributed by atoms with van der Waals surface area (Å²) in [4.78, 5) is -0.00203. The first-order chi connectivity index (χ1) is 9.77. The molecule has 2 aromatic rings. The molecule has 112 valence electrons. The van der Waals surface area contributed by atoms with Gasteiger partial charge in [0.05, 0.1) is 4.90 Å². The SMILES string of the molecule is Cc1cc(S(=O)(=O)Cl)ccc1OCc1cc(F)ccc1Cl. The van der Waals surface area contributed by atoms with Gasteiger partial charge in [-0.25, -0.2) is 12.8 Å². The minimum absolute atomic E-state index is 0.00203. The molecule has 0 bridgehead atoms. The van der Waals surface area contributed by atoms with Crippen LogP contribution in [-0.2, 0) is 15.7 Å². The normalized spacial score (nSPS) is 11.4. The van der Waals surface area contributed by atoms with Crippen molar-refractivity contribution in [3.05, 3.63) is 58.4 Å². The summed E-state index contributed by atoms with van der Waals surface area (Å²) in [5.74, 6) is 0.0673. The molecule has 21 heavy (non-hydrogen) atoms. The van der Waals surface area contributed by atoms with Crippen LogP contribution < -0.4 is 4.74 Å². The number of aryl methyl sites for hydroxylation is 1. The maximum Gasteiger partial charge on any atom is 0.261 e. The van der Waals surface area contributed by atoms with Crippen molar-refractivity contribution in [3.8, 4) is 5.75 Å². The van der Waals surface area contributed by atoms with E-state index in [0.717, 1.165) is 0 Å². The van der Waals surface area contributed by atoms with Gasteiger partial charge in [-0.2, -0.15) is 0 Å². The summed E-state index contributed by atoms with van der Waals surface area (Å²) in [5, 5.41) is 0.397. The van der Waals surface area contributed by atoms with Crippen molar-refractivity contribution in [3.63, 3.8) is 0 Å². The second kappa shape index (κ2) is 6.22. The lowest BCUT2D eigenvalue weighted by Crippen LogP contribution is -2.00. The van der Waals surface area contributed by atoms with Crippen LogP contribution in [-0.4, -0.2) is 8.42 Å². The Morgan fingerprint density at radius 3 is 2.52 bits per heavy atom. The lowest BCUT2D eigenvalue weighted by molar-refractivity contribution is 0.303. The van der Waals surface area contributed by atoms with E-state index in [1.165, 1.54) is 36.4 Å². The molecule has 0 heterocycles. The van der Waals surface area contributed by atoms with Crippen LogP contribution in [0.1, 0.15) is 11.1 Å². The van der Waals surface area contributed by atoms with E-state index in [-0.39, 0.29) is 11.5 Å². The van der Waals surface area contributed by atoms with Crippen LogP contribution in [0.3, 0.4) is 0 Å². The van der Waals surface area contributed by atoms with E-state index in [1.54, 1.807) is 6.92 Å². The predicted molar refractivity (Wildman–Crippen MR) is 80.0 cm³/mol. The third kappa shape index (κ3) is 4.09. The molecule has 0 aliphatic heterocycles. The van der Waals surface area contributed by atoms with Crippen LogP contribution in [0.2, 0.25) is 5.02 Å². The first kappa shape index (κ1) is 16.1. The Morgan fingerprint density at radius 2 is 1.90 bits per heavy atom. The Morgan fingerprint density at radius 1 is 1.19 bits per heavy atom. The zero-order chi connectivity index (χ0) is 15.6. The van der Waals surface area contributed by atoms with Crippen molar-refractivity contribution < 1.29 is 17.5 Å². The van der Waals surface area contributed by atoms with Gasteiger partial charge < -0.3 is 4.74 Å². The van der Waals surface area contributed by atoms with Crippen molar-refractivity contribution in [1.82, 2.24) is 0 Å². The van der Waals surface area contributed by atoms with Gasteiger partial charge in [-0.1, -0.05) is 11.6 Å². The Bertz CT molecular complexity index is 776. The Balaban J connectivity index is 2.19. The third-order valence-corrected chi connectivity index (χ3v) is 4.54. The van der Waals surface area contributed by atoms with Gasteiger partial charge in [-0.05, 0) is 48.9 Å². The van der Waals surface area contributed by atoms with E-state index in [0.29, 0.717) is 21.9 Å². The lowest BCUT2D eigenvalue weighted by Gasteiger charge is -2.11. The van der Waals surface area contributed by atoms with Crippen molar-refractivity contribution >= 4 is 31.3 Å². The molecular weight excluding hydrogens is 338 g/mol. The summed E-state index contributed by atoms with van der Waals surface area (Å²) in [6, 6.07) is 8.25. The fraction of sp³-hybridized carbons (Fsp3) is 0.143. The highest BCUT2D eigenvalue weighted by molar-refractivity contribution is 8.13. The van der Waals surface area contributed by atoms with E-state index in [9.17, 15) is 12.8 Å². The average Bonchev–Trinajstić information content (AvgIpc) is 2.40. The molecular formula is C14H11Cl2FO3S. The number of rotatable bonds is 4. The monoisotopic (exact) mass is 348 g/mol. The van der Waals surface area contributed by atoms with Gasteiger partial charge in [-0.15, -0.1) is 0 Å². The summed E-state index contributed by atoms with van der Waals surface area (Å²) in [6.45, 7) is 1.76. The molecule has 7 heteroatoms.